The van der Waals surface area contributed by atoms with E-state index in [0.29, 0.717) is 12.3 Å². The van der Waals surface area contributed by atoms with Gasteiger partial charge in [-0.25, -0.2) is 8.42 Å². The molecule has 0 radical (unpaired) electrons. The Labute approximate surface area is 278 Å². The molecule has 0 saturated carbocycles. The van der Waals surface area contributed by atoms with Crippen LogP contribution < -0.4 is 19.1 Å². The summed E-state index contributed by atoms with van der Waals surface area (Å²) in [6.45, 7) is 3.85. The molecule has 248 valence electrons. The molecule has 1 N–H and O–H groups in total. The Bertz CT molecular complexity index is 1710. The number of aryl methyl sites for hydroxylation is 1. The van der Waals surface area contributed by atoms with Crippen LogP contribution in [0.25, 0.3) is 0 Å². The maximum atomic E-state index is 14.7. The van der Waals surface area contributed by atoms with E-state index in [-0.39, 0.29) is 35.2 Å². The summed E-state index contributed by atoms with van der Waals surface area (Å²) in [4.78, 5) is 30.0. The molecule has 0 aromatic heterocycles. The smallest absolute Gasteiger partial charge is 0.264 e. The van der Waals surface area contributed by atoms with E-state index in [4.69, 9.17) is 9.47 Å². The fraction of sp³-hybridized carbons (Fsp3) is 0.297. The van der Waals surface area contributed by atoms with Crippen LogP contribution in [0.4, 0.5) is 5.69 Å². The standard InChI is InChI=1S/C37H43N3O6S/c1-5-6-23-38-37(42)34(24-29-13-9-7-10-14-29)39(26-30-15-11-8-12-16-30)36(41)27-40(33-25-31(45-3)19-22-35(33)46-4)47(43,44)32-20-17-28(2)18-21-32/h7-22,25,34H,5-6,23-24,26-27H2,1-4H3,(H,38,42). The van der Waals surface area contributed by atoms with Crippen molar-refractivity contribution in [1.29, 1.82) is 0 Å². The number of rotatable bonds is 16. The summed E-state index contributed by atoms with van der Waals surface area (Å²) < 4.78 is 40.8. The fourth-order valence-electron chi connectivity index (χ4n) is 5.18. The molecule has 0 spiro atoms. The number of sulfonamides is 1. The van der Waals surface area contributed by atoms with E-state index in [1.807, 2.05) is 74.5 Å². The highest BCUT2D eigenvalue weighted by molar-refractivity contribution is 7.92. The number of methoxy groups -OCH3 is 2. The van der Waals surface area contributed by atoms with Crippen LogP contribution >= 0.6 is 0 Å². The number of hydrogen-bond donors (Lipinski definition) is 1. The van der Waals surface area contributed by atoms with Crippen molar-refractivity contribution in [3.8, 4) is 11.5 Å². The van der Waals surface area contributed by atoms with Crippen LogP contribution in [-0.2, 0) is 32.6 Å². The molecule has 10 heteroatoms. The van der Waals surface area contributed by atoms with Crippen molar-refractivity contribution in [1.82, 2.24) is 10.2 Å². The van der Waals surface area contributed by atoms with Crippen LogP contribution in [0.1, 0.15) is 36.5 Å². The summed E-state index contributed by atoms with van der Waals surface area (Å²) in [5.41, 5.74) is 2.68. The Kier molecular flexibility index (Phi) is 12.4. The van der Waals surface area contributed by atoms with Gasteiger partial charge in [0.25, 0.3) is 10.0 Å². The molecule has 0 aliphatic rings. The predicted octanol–water partition coefficient (Wildman–Crippen LogP) is 5.76. The first-order chi connectivity index (χ1) is 22.7. The fourth-order valence-corrected chi connectivity index (χ4v) is 6.60. The quantitative estimate of drug-likeness (QED) is 0.154. The number of anilines is 1. The molecule has 4 aromatic carbocycles. The highest BCUT2D eigenvalue weighted by Crippen LogP contribution is 2.36. The van der Waals surface area contributed by atoms with E-state index in [1.54, 1.807) is 24.3 Å². The molecule has 1 atom stereocenters. The van der Waals surface area contributed by atoms with Crippen molar-refractivity contribution >= 4 is 27.5 Å². The topological polar surface area (TPSA) is 105 Å². The number of carbonyl (C=O) groups excluding carboxylic acids is 2. The highest BCUT2D eigenvalue weighted by Gasteiger charge is 2.35. The second kappa shape index (κ2) is 16.6. The number of nitrogens with zero attached hydrogens (tertiary/aromatic N) is 2. The van der Waals surface area contributed by atoms with E-state index < -0.39 is 28.5 Å². The maximum absolute atomic E-state index is 14.7. The van der Waals surface area contributed by atoms with E-state index >= 15 is 0 Å². The summed E-state index contributed by atoms with van der Waals surface area (Å²) in [5, 5.41) is 3.00. The van der Waals surface area contributed by atoms with Gasteiger partial charge in [0.1, 0.15) is 24.1 Å². The number of unbranched alkanes of at least 4 members (excludes halogenated alkanes) is 1. The summed E-state index contributed by atoms with van der Waals surface area (Å²) in [6, 6.07) is 29.1. The number of amides is 2. The molecule has 2 amide bonds. The van der Waals surface area contributed by atoms with E-state index in [9.17, 15) is 18.0 Å². The number of carbonyl (C=O) groups is 2. The SMILES string of the molecule is CCCCNC(=O)C(Cc1ccccc1)N(Cc1ccccc1)C(=O)CN(c1cc(OC)ccc1OC)S(=O)(=O)c1ccc(C)cc1. The highest BCUT2D eigenvalue weighted by atomic mass is 32.2. The Hall–Kier alpha value is -4.83. The van der Waals surface area contributed by atoms with Crippen molar-refractivity contribution in [3.05, 3.63) is 120 Å². The van der Waals surface area contributed by atoms with Gasteiger partial charge < -0.3 is 19.7 Å². The van der Waals surface area contributed by atoms with Gasteiger partial charge in [0.2, 0.25) is 11.8 Å². The molecule has 1 unspecified atom stereocenters. The average molecular weight is 658 g/mol. The number of benzene rings is 4. The van der Waals surface area contributed by atoms with Crippen LogP contribution in [0.2, 0.25) is 0 Å². The number of nitrogens with one attached hydrogen (secondary N) is 1. The molecule has 0 saturated heterocycles. The van der Waals surface area contributed by atoms with Crippen molar-refractivity contribution in [2.75, 3.05) is 31.6 Å². The summed E-state index contributed by atoms with van der Waals surface area (Å²) in [6.07, 6.45) is 1.92. The van der Waals surface area contributed by atoms with Crippen molar-refractivity contribution in [2.24, 2.45) is 0 Å². The summed E-state index contributed by atoms with van der Waals surface area (Å²) in [5.74, 6) is -0.239. The minimum Gasteiger partial charge on any atom is -0.497 e. The summed E-state index contributed by atoms with van der Waals surface area (Å²) in [7, 11) is -1.40. The Morgan fingerprint density at radius 2 is 1.47 bits per heavy atom. The molecule has 0 aliphatic carbocycles. The largest absolute Gasteiger partial charge is 0.497 e. The Balaban J connectivity index is 1.84. The lowest BCUT2D eigenvalue weighted by atomic mass is 10.0. The lowest BCUT2D eigenvalue weighted by Crippen LogP contribution is -2.53. The lowest BCUT2D eigenvalue weighted by molar-refractivity contribution is -0.140. The monoisotopic (exact) mass is 657 g/mol. The zero-order valence-electron chi connectivity index (χ0n) is 27.4. The van der Waals surface area contributed by atoms with E-state index in [1.165, 1.54) is 37.3 Å². The van der Waals surface area contributed by atoms with Gasteiger partial charge in [-0.1, -0.05) is 91.7 Å². The molecule has 0 heterocycles. The maximum Gasteiger partial charge on any atom is 0.264 e. The first-order valence-electron chi connectivity index (χ1n) is 15.6. The van der Waals surface area contributed by atoms with Crippen molar-refractivity contribution < 1.29 is 27.5 Å². The second-order valence-corrected chi connectivity index (χ2v) is 13.1. The van der Waals surface area contributed by atoms with Gasteiger partial charge in [0, 0.05) is 25.6 Å². The van der Waals surface area contributed by atoms with Crippen LogP contribution in [0, 0.1) is 6.92 Å². The van der Waals surface area contributed by atoms with Gasteiger partial charge >= 0.3 is 0 Å². The second-order valence-electron chi connectivity index (χ2n) is 11.2. The third-order valence-corrected chi connectivity index (χ3v) is 9.61. The zero-order chi connectivity index (χ0) is 33.8. The minimum atomic E-state index is -4.30. The number of ether oxygens (including phenoxy) is 2. The molecule has 0 aliphatic heterocycles. The average Bonchev–Trinajstić information content (AvgIpc) is 3.09. The van der Waals surface area contributed by atoms with Gasteiger partial charge in [0.15, 0.2) is 0 Å². The Morgan fingerprint density at radius 3 is 2.06 bits per heavy atom. The molecule has 47 heavy (non-hydrogen) atoms. The Morgan fingerprint density at radius 1 is 0.830 bits per heavy atom. The molecule has 9 nitrogen and oxygen atoms in total. The zero-order valence-corrected chi connectivity index (χ0v) is 28.2. The number of hydrogen-bond acceptors (Lipinski definition) is 6. The minimum absolute atomic E-state index is 0.00789. The third-order valence-electron chi connectivity index (χ3n) is 7.84. The van der Waals surface area contributed by atoms with Crippen molar-refractivity contribution in [3.63, 3.8) is 0 Å². The normalized spacial score (nSPS) is 11.7. The van der Waals surface area contributed by atoms with Gasteiger partial charge in [0.05, 0.1) is 24.8 Å². The van der Waals surface area contributed by atoms with Crippen LogP contribution in [0.15, 0.2) is 108 Å². The van der Waals surface area contributed by atoms with Gasteiger partial charge in [-0.15, -0.1) is 0 Å². The van der Waals surface area contributed by atoms with Gasteiger partial charge in [-0.3, -0.25) is 13.9 Å². The molecular weight excluding hydrogens is 614 g/mol. The van der Waals surface area contributed by atoms with Gasteiger partial charge in [-0.2, -0.15) is 0 Å². The van der Waals surface area contributed by atoms with Crippen LogP contribution in [-0.4, -0.2) is 58.5 Å². The third kappa shape index (κ3) is 9.13. The predicted molar refractivity (Wildman–Crippen MR) is 184 cm³/mol. The molecule has 0 bridgehead atoms. The first-order valence-corrected chi connectivity index (χ1v) is 17.1. The van der Waals surface area contributed by atoms with Gasteiger partial charge in [-0.05, 0) is 48.7 Å². The van der Waals surface area contributed by atoms with Crippen LogP contribution in [0.3, 0.4) is 0 Å². The lowest BCUT2D eigenvalue weighted by Gasteiger charge is -2.34. The van der Waals surface area contributed by atoms with E-state index in [2.05, 4.69) is 5.32 Å². The summed E-state index contributed by atoms with van der Waals surface area (Å²) >= 11 is 0. The van der Waals surface area contributed by atoms with Crippen molar-refractivity contribution in [2.45, 2.75) is 50.6 Å². The molecular formula is C37H43N3O6S. The molecule has 4 rings (SSSR count). The molecule has 4 aromatic rings. The first kappa shape index (κ1) is 35.0. The van der Waals surface area contributed by atoms with E-state index in [0.717, 1.165) is 33.8 Å². The molecule has 0 fully saturated rings. The van der Waals surface area contributed by atoms with Crippen LogP contribution in [0.5, 0.6) is 11.5 Å².